The molecule has 1 saturated carbocycles. The average molecular weight is 213 g/mol. The molecule has 0 spiro atoms. The largest absolute Gasteiger partial charge is 0.389 e. The van der Waals surface area contributed by atoms with Gasteiger partial charge in [-0.25, -0.2) is 0 Å². The van der Waals surface area contributed by atoms with Crippen molar-refractivity contribution in [3.8, 4) is 0 Å². The average Bonchev–Trinajstić information content (AvgIpc) is 2.95. The smallest absolute Gasteiger partial charge is 0.0766 e. The molecule has 0 aromatic carbocycles. The number of aliphatic hydroxyl groups is 1. The molecule has 0 aromatic heterocycles. The highest BCUT2D eigenvalue weighted by atomic mass is 16.3. The van der Waals surface area contributed by atoms with Crippen molar-refractivity contribution in [2.24, 2.45) is 11.8 Å². The van der Waals surface area contributed by atoms with E-state index in [2.05, 4.69) is 26.1 Å². The van der Waals surface area contributed by atoms with E-state index in [9.17, 15) is 5.11 Å². The van der Waals surface area contributed by atoms with Gasteiger partial charge in [-0.1, -0.05) is 27.2 Å². The molecule has 1 aliphatic carbocycles. The van der Waals surface area contributed by atoms with Crippen molar-refractivity contribution in [3.63, 3.8) is 0 Å². The van der Waals surface area contributed by atoms with Gasteiger partial charge in [0.15, 0.2) is 0 Å². The van der Waals surface area contributed by atoms with Gasteiger partial charge in [0.05, 0.1) is 5.60 Å². The Morgan fingerprint density at radius 1 is 1.40 bits per heavy atom. The van der Waals surface area contributed by atoms with Crippen molar-refractivity contribution in [1.29, 1.82) is 0 Å². The Kier molecular flexibility index (Phi) is 4.60. The van der Waals surface area contributed by atoms with Crippen LogP contribution in [0.4, 0.5) is 0 Å². The second-order valence-corrected chi connectivity index (χ2v) is 5.63. The molecular formula is C13H27NO. The van der Waals surface area contributed by atoms with E-state index in [4.69, 9.17) is 0 Å². The lowest BCUT2D eigenvalue weighted by molar-refractivity contribution is 0.0109. The van der Waals surface area contributed by atoms with Crippen LogP contribution in [0.2, 0.25) is 0 Å². The third-order valence-corrected chi connectivity index (χ3v) is 3.76. The summed E-state index contributed by atoms with van der Waals surface area (Å²) in [4.78, 5) is 0. The van der Waals surface area contributed by atoms with E-state index >= 15 is 0 Å². The molecule has 2 heteroatoms. The summed E-state index contributed by atoms with van der Waals surface area (Å²) in [6.45, 7) is 9.05. The van der Waals surface area contributed by atoms with Crippen LogP contribution >= 0.6 is 0 Å². The molecule has 1 aliphatic rings. The van der Waals surface area contributed by atoms with Crippen molar-refractivity contribution in [2.75, 3.05) is 6.54 Å². The Labute approximate surface area is 94.5 Å². The zero-order valence-corrected chi connectivity index (χ0v) is 10.7. The topological polar surface area (TPSA) is 32.3 Å². The Bertz CT molecular complexity index is 185. The Balaban J connectivity index is 2.32. The molecule has 0 radical (unpaired) electrons. The monoisotopic (exact) mass is 213 g/mol. The second kappa shape index (κ2) is 5.31. The molecule has 15 heavy (non-hydrogen) atoms. The van der Waals surface area contributed by atoms with Gasteiger partial charge in [-0.05, 0) is 38.0 Å². The third-order valence-electron chi connectivity index (χ3n) is 3.76. The SMILES string of the molecule is CCCC(NCC(C)(O)C(C)C)C1CC1. The van der Waals surface area contributed by atoms with Crippen LogP contribution in [0, 0.1) is 11.8 Å². The summed E-state index contributed by atoms with van der Waals surface area (Å²) in [5, 5.41) is 13.7. The normalized spacial score (nSPS) is 22.8. The third kappa shape index (κ3) is 4.12. The van der Waals surface area contributed by atoms with Gasteiger partial charge in [-0.3, -0.25) is 0 Å². The molecule has 1 rings (SSSR count). The molecule has 0 aromatic rings. The Hall–Kier alpha value is -0.0800. The number of hydrogen-bond donors (Lipinski definition) is 2. The van der Waals surface area contributed by atoms with Crippen molar-refractivity contribution in [2.45, 2.75) is 65.0 Å². The van der Waals surface area contributed by atoms with Crippen LogP contribution in [-0.2, 0) is 0 Å². The summed E-state index contributed by atoms with van der Waals surface area (Å²) in [6.07, 6.45) is 5.24. The van der Waals surface area contributed by atoms with Crippen LogP contribution in [0.15, 0.2) is 0 Å². The van der Waals surface area contributed by atoms with Crippen LogP contribution in [0.5, 0.6) is 0 Å². The zero-order valence-electron chi connectivity index (χ0n) is 10.7. The fourth-order valence-corrected chi connectivity index (χ4v) is 1.86. The van der Waals surface area contributed by atoms with Gasteiger partial charge in [-0.2, -0.15) is 0 Å². The van der Waals surface area contributed by atoms with E-state index in [1.54, 1.807) is 0 Å². The molecule has 2 nitrogen and oxygen atoms in total. The van der Waals surface area contributed by atoms with Gasteiger partial charge in [0.25, 0.3) is 0 Å². The first kappa shape index (κ1) is 13.0. The van der Waals surface area contributed by atoms with E-state index < -0.39 is 5.60 Å². The fraction of sp³-hybridized carbons (Fsp3) is 1.00. The molecule has 90 valence electrons. The van der Waals surface area contributed by atoms with E-state index in [1.807, 2.05) is 6.92 Å². The summed E-state index contributed by atoms with van der Waals surface area (Å²) >= 11 is 0. The van der Waals surface area contributed by atoms with Gasteiger partial charge in [-0.15, -0.1) is 0 Å². The molecule has 0 heterocycles. The second-order valence-electron chi connectivity index (χ2n) is 5.63. The number of hydrogen-bond acceptors (Lipinski definition) is 2. The molecular weight excluding hydrogens is 186 g/mol. The highest BCUT2D eigenvalue weighted by molar-refractivity contribution is 4.89. The zero-order chi connectivity index (χ0) is 11.5. The fourth-order valence-electron chi connectivity index (χ4n) is 1.86. The van der Waals surface area contributed by atoms with Crippen molar-refractivity contribution in [3.05, 3.63) is 0 Å². The van der Waals surface area contributed by atoms with Crippen molar-refractivity contribution < 1.29 is 5.11 Å². The molecule has 2 unspecified atom stereocenters. The summed E-state index contributed by atoms with van der Waals surface area (Å²) in [5.41, 5.74) is -0.569. The highest BCUT2D eigenvalue weighted by Gasteiger charge is 2.32. The van der Waals surface area contributed by atoms with Gasteiger partial charge in [0.1, 0.15) is 0 Å². The molecule has 2 N–H and O–H groups in total. The van der Waals surface area contributed by atoms with Gasteiger partial charge < -0.3 is 10.4 Å². The van der Waals surface area contributed by atoms with Crippen LogP contribution in [0.3, 0.4) is 0 Å². The molecule has 0 saturated heterocycles. The van der Waals surface area contributed by atoms with E-state index in [-0.39, 0.29) is 0 Å². The molecule has 1 fully saturated rings. The maximum Gasteiger partial charge on any atom is 0.0766 e. The molecule has 2 atom stereocenters. The summed E-state index contributed by atoms with van der Waals surface area (Å²) in [5.74, 6) is 1.19. The van der Waals surface area contributed by atoms with Gasteiger partial charge in [0.2, 0.25) is 0 Å². The Morgan fingerprint density at radius 2 is 2.00 bits per heavy atom. The van der Waals surface area contributed by atoms with Gasteiger partial charge >= 0.3 is 0 Å². The van der Waals surface area contributed by atoms with Crippen LogP contribution < -0.4 is 5.32 Å². The predicted octanol–water partition coefficient (Wildman–Crippen LogP) is 2.56. The maximum absolute atomic E-state index is 10.1. The minimum atomic E-state index is -0.569. The summed E-state index contributed by atoms with van der Waals surface area (Å²) in [6, 6.07) is 0.639. The summed E-state index contributed by atoms with van der Waals surface area (Å²) < 4.78 is 0. The quantitative estimate of drug-likeness (QED) is 0.681. The minimum absolute atomic E-state index is 0.312. The first-order valence-corrected chi connectivity index (χ1v) is 6.43. The number of nitrogens with one attached hydrogen (secondary N) is 1. The number of rotatable bonds is 7. The first-order valence-electron chi connectivity index (χ1n) is 6.43. The lowest BCUT2D eigenvalue weighted by atomic mass is 9.92. The van der Waals surface area contributed by atoms with E-state index in [1.165, 1.54) is 25.7 Å². The minimum Gasteiger partial charge on any atom is -0.389 e. The molecule has 0 aliphatic heterocycles. The Morgan fingerprint density at radius 3 is 2.40 bits per heavy atom. The maximum atomic E-state index is 10.1. The standard InChI is InChI=1S/C13H27NO/c1-5-6-12(11-7-8-11)14-9-13(4,15)10(2)3/h10-12,14-15H,5-9H2,1-4H3. The summed E-state index contributed by atoms with van der Waals surface area (Å²) in [7, 11) is 0. The van der Waals surface area contributed by atoms with Crippen molar-refractivity contribution >= 4 is 0 Å². The van der Waals surface area contributed by atoms with E-state index in [0.717, 1.165) is 12.5 Å². The predicted molar refractivity (Wildman–Crippen MR) is 64.9 cm³/mol. The molecule has 0 bridgehead atoms. The van der Waals surface area contributed by atoms with Crippen LogP contribution in [0.1, 0.15) is 53.4 Å². The van der Waals surface area contributed by atoms with Crippen LogP contribution in [-0.4, -0.2) is 23.3 Å². The lowest BCUT2D eigenvalue weighted by Gasteiger charge is -2.30. The highest BCUT2D eigenvalue weighted by Crippen LogP contribution is 2.34. The van der Waals surface area contributed by atoms with Crippen molar-refractivity contribution in [1.82, 2.24) is 5.32 Å². The lowest BCUT2D eigenvalue weighted by Crippen LogP contribution is -2.46. The van der Waals surface area contributed by atoms with Crippen LogP contribution in [0.25, 0.3) is 0 Å². The molecule has 0 amide bonds. The van der Waals surface area contributed by atoms with Gasteiger partial charge in [0, 0.05) is 12.6 Å². The van der Waals surface area contributed by atoms with E-state index in [0.29, 0.717) is 12.0 Å². The first-order chi connectivity index (χ1) is 6.97.